The van der Waals surface area contributed by atoms with Gasteiger partial charge in [-0.3, -0.25) is 4.79 Å². The Morgan fingerprint density at radius 1 is 1.12 bits per heavy atom. The maximum Gasteiger partial charge on any atom is 0.230 e. The Morgan fingerprint density at radius 3 is 2.42 bits per heavy atom. The quantitative estimate of drug-likeness (QED) is 0.790. The molecular formula is C19H21Cl2NO2. The molecule has 2 rings (SSSR count). The number of hydrogen-bond donors (Lipinski definition) is 2. The number of carbonyl (C=O) groups is 1. The van der Waals surface area contributed by atoms with E-state index in [0.717, 1.165) is 11.1 Å². The van der Waals surface area contributed by atoms with Crippen molar-refractivity contribution >= 4 is 29.1 Å². The average Bonchev–Trinajstić information content (AvgIpc) is 2.57. The largest absolute Gasteiger partial charge is 0.388 e. The second-order valence-corrected chi connectivity index (χ2v) is 7.04. The molecule has 128 valence electrons. The van der Waals surface area contributed by atoms with Crippen molar-refractivity contribution in [2.75, 3.05) is 6.54 Å². The number of benzene rings is 2. The molecule has 24 heavy (non-hydrogen) atoms. The van der Waals surface area contributed by atoms with Gasteiger partial charge in [-0.1, -0.05) is 59.6 Å². The van der Waals surface area contributed by atoms with Crippen molar-refractivity contribution in [1.82, 2.24) is 5.32 Å². The summed E-state index contributed by atoms with van der Waals surface area (Å²) in [5.74, 6) is -0.124. The van der Waals surface area contributed by atoms with Crippen molar-refractivity contribution < 1.29 is 9.90 Å². The maximum absolute atomic E-state index is 12.5. The van der Waals surface area contributed by atoms with E-state index in [-0.39, 0.29) is 5.91 Å². The van der Waals surface area contributed by atoms with Gasteiger partial charge in [0.1, 0.15) is 0 Å². The number of aliphatic hydroxyl groups excluding tert-OH is 1. The number of carbonyl (C=O) groups excluding carboxylic acids is 1. The van der Waals surface area contributed by atoms with E-state index >= 15 is 0 Å². The van der Waals surface area contributed by atoms with Crippen LogP contribution in [0.1, 0.15) is 37.5 Å². The van der Waals surface area contributed by atoms with Gasteiger partial charge in [0, 0.05) is 6.54 Å². The van der Waals surface area contributed by atoms with Crippen LogP contribution in [0.2, 0.25) is 10.0 Å². The van der Waals surface area contributed by atoms with E-state index in [0.29, 0.717) is 23.0 Å². The Labute approximate surface area is 152 Å². The summed E-state index contributed by atoms with van der Waals surface area (Å²) in [4.78, 5) is 12.5. The molecule has 0 fully saturated rings. The van der Waals surface area contributed by atoms with Crippen molar-refractivity contribution in [2.24, 2.45) is 0 Å². The molecule has 0 spiro atoms. The summed E-state index contributed by atoms with van der Waals surface area (Å²) < 4.78 is 0. The van der Waals surface area contributed by atoms with Gasteiger partial charge < -0.3 is 10.4 Å². The number of rotatable bonds is 6. The molecule has 2 N–H and O–H groups in total. The number of aliphatic hydroxyl groups is 1. The van der Waals surface area contributed by atoms with Gasteiger partial charge in [0.2, 0.25) is 5.91 Å². The highest BCUT2D eigenvalue weighted by molar-refractivity contribution is 6.42. The summed E-state index contributed by atoms with van der Waals surface area (Å²) in [6.45, 7) is 4.05. The van der Waals surface area contributed by atoms with Crippen LogP contribution in [0.15, 0.2) is 48.5 Å². The molecule has 1 atom stereocenters. The predicted octanol–water partition coefficient (Wildman–Crippen LogP) is 4.51. The molecule has 2 aromatic carbocycles. The average molecular weight is 366 g/mol. The third kappa shape index (κ3) is 4.50. The molecule has 0 bridgehead atoms. The summed E-state index contributed by atoms with van der Waals surface area (Å²) in [6, 6.07) is 14.6. The number of nitrogens with one attached hydrogen (secondary N) is 1. The molecule has 5 heteroatoms. The lowest BCUT2D eigenvalue weighted by molar-refractivity contribution is -0.125. The van der Waals surface area contributed by atoms with Gasteiger partial charge in [-0.05, 0) is 43.5 Å². The van der Waals surface area contributed by atoms with Crippen molar-refractivity contribution in [3.63, 3.8) is 0 Å². The number of hydrogen-bond acceptors (Lipinski definition) is 2. The summed E-state index contributed by atoms with van der Waals surface area (Å²) in [5.41, 5.74) is 0.889. The second-order valence-electron chi connectivity index (χ2n) is 6.22. The maximum atomic E-state index is 12.5. The Kier molecular flexibility index (Phi) is 6.27. The topological polar surface area (TPSA) is 49.3 Å². The molecule has 0 aliphatic carbocycles. The lowest BCUT2D eigenvalue weighted by Crippen LogP contribution is -2.40. The van der Waals surface area contributed by atoms with E-state index in [9.17, 15) is 9.90 Å². The lowest BCUT2D eigenvalue weighted by atomic mass is 9.83. The summed E-state index contributed by atoms with van der Waals surface area (Å²) >= 11 is 12.0. The Balaban J connectivity index is 1.94. The lowest BCUT2D eigenvalue weighted by Gasteiger charge is -2.25. The van der Waals surface area contributed by atoms with E-state index in [1.54, 1.807) is 18.2 Å². The van der Waals surface area contributed by atoms with Gasteiger partial charge in [-0.15, -0.1) is 0 Å². The zero-order valence-corrected chi connectivity index (χ0v) is 15.2. The number of halogens is 2. The minimum Gasteiger partial charge on any atom is -0.388 e. The Bertz CT molecular complexity index is 702. The van der Waals surface area contributed by atoms with E-state index < -0.39 is 11.5 Å². The fourth-order valence-corrected chi connectivity index (χ4v) is 2.70. The minimum atomic E-state index is -0.744. The van der Waals surface area contributed by atoms with Gasteiger partial charge in [0.25, 0.3) is 0 Å². The molecule has 0 radical (unpaired) electrons. The Hall–Kier alpha value is -1.55. The SMILES string of the molecule is CC(C)(C(=O)NCCC(O)c1ccccc1)c1ccc(Cl)c(Cl)c1. The second kappa shape index (κ2) is 8.02. The van der Waals surface area contributed by atoms with E-state index in [2.05, 4.69) is 5.32 Å². The standard InChI is InChI=1S/C19H21Cl2NO2/c1-19(2,14-8-9-15(20)16(21)12-14)18(24)22-11-10-17(23)13-6-4-3-5-7-13/h3-9,12,17,23H,10-11H2,1-2H3,(H,22,24). The van der Waals surface area contributed by atoms with Crippen LogP contribution in [-0.2, 0) is 10.2 Å². The van der Waals surface area contributed by atoms with Crippen molar-refractivity contribution in [2.45, 2.75) is 31.8 Å². The summed E-state index contributed by atoms with van der Waals surface area (Å²) in [7, 11) is 0. The highest BCUT2D eigenvalue weighted by atomic mass is 35.5. The van der Waals surface area contributed by atoms with E-state index in [1.165, 1.54) is 0 Å². The van der Waals surface area contributed by atoms with Gasteiger partial charge in [0.15, 0.2) is 0 Å². The predicted molar refractivity (Wildman–Crippen MR) is 98.5 cm³/mol. The van der Waals surface area contributed by atoms with Crippen molar-refractivity contribution in [1.29, 1.82) is 0 Å². The zero-order chi connectivity index (χ0) is 17.7. The molecule has 2 aromatic rings. The number of amides is 1. The molecule has 0 aromatic heterocycles. The van der Waals surface area contributed by atoms with Crippen molar-refractivity contribution in [3.05, 3.63) is 69.7 Å². The first-order valence-electron chi connectivity index (χ1n) is 7.79. The molecule has 1 unspecified atom stereocenters. The molecule has 1 amide bonds. The first kappa shape index (κ1) is 18.8. The third-order valence-electron chi connectivity index (χ3n) is 4.10. The van der Waals surface area contributed by atoms with Crippen LogP contribution in [0.4, 0.5) is 0 Å². The van der Waals surface area contributed by atoms with Crippen LogP contribution < -0.4 is 5.32 Å². The zero-order valence-electron chi connectivity index (χ0n) is 13.7. The normalized spacial score (nSPS) is 12.7. The van der Waals surface area contributed by atoms with Gasteiger partial charge in [-0.2, -0.15) is 0 Å². The molecule has 0 aliphatic rings. The van der Waals surface area contributed by atoms with Gasteiger partial charge in [-0.25, -0.2) is 0 Å². The van der Waals surface area contributed by atoms with Crippen LogP contribution >= 0.6 is 23.2 Å². The monoisotopic (exact) mass is 365 g/mol. The van der Waals surface area contributed by atoms with Crippen LogP contribution in [0.3, 0.4) is 0 Å². The van der Waals surface area contributed by atoms with Gasteiger partial charge in [0.05, 0.1) is 21.6 Å². The van der Waals surface area contributed by atoms with Crippen LogP contribution in [0.5, 0.6) is 0 Å². The first-order chi connectivity index (χ1) is 11.3. The van der Waals surface area contributed by atoms with Crippen LogP contribution in [0, 0.1) is 0 Å². The molecule has 0 aliphatic heterocycles. The molecule has 0 heterocycles. The summed E-state index contributed by atoms with van der Waals surface area (Å²) in [5, 5.41) is 13.9. The molecule has 0 saturated carbocycles. The van der Waals surface area contributed by atoms with Gasteiger partial charge >= 0.3 is 0 Å². The fraction of sp³-hybridized carbons (Fsp3) is 0.316. The highest BCUT2D eigenvalue weighted by Gasteiger charge is 2.30. The smallest absolute Gasteiger partial charge is 0.230 e. The van der Waals surface area contributed by atoms with Crippen LogP contribution in [0.25, 0.3) is 0 Å². The minimum absolute atomic E-state index is 0.124. The first-order valence-corrected chi connectivity index (χ1v) is 8.55. The van der Waals surface area contributed by atoms with E-state index in [4.69, 9.17) is 23.2 Å². The Morgan fingerprint density at radius 2 is 1.79 bits per heavy atom. The molecule has 3 nitrogen and oxygen atoms in total. The highest BCUT2D eigenvalue weighted by Crippen LogP contribution is 2.30. The fourth-order valence-electron chi connectivity index (χ4n) is 2.40. The third-order valence-corrected chi connectivity index (χ3v) is 4.84. The molecule has 0 saturated heterocycles. The van der Waals surface area contributed by atoms with Crippen LogP contribution in [-0.4, -0.2) is 17.6 Å². The molecular weight excluding hydrogens is 345 g/mol. The van der Waals surface area contributed by atoms with Crippen molar-refractivity contribution in [3.8, 4) is 0 Å². The van der Waals surface area contributed by atoms with E-state index in [1.807, 2.05) is 44.2 Å². The summed E-state index contributed by atoms with van der Waals surface area (Å²) in [6.07, 6.45) is -0.146.